The number of nitrogens with two attached hydrogens (primary N) is 1. The van der Waals surface area contributed by atoms with E-state index in [1.807, 2.05) is 0 Å². The average Bonchev–Trinajstić information content (AvgIpc) is 2.71. The van der Waals surface area contributed by atoms with E-state index in [4.69, 9.17) is 22.1 Å². The van der Waals surface area contributed by atoms with Gasteiger partial charge < -0.3 is 15.5 Å². The van der Waals surface area contributed by atoms with E-state index in [9.17, 15) is 18.0 Å². The molecule has 166 valence electrons. The van der Waals surface area contributed by atoms with Crippen molar-refractivity contribution in [2.24, 2.45) is 5.73 Å². The summed E-state index contributed by atoms with van der Waals surface area (Å²) in [5.74, 6) is 0.499. The van der Waals surface area contributed by atoms with E-state index in [0.717, 1.165) is 17.5 Å². The molecule has 0 aliphatic heterocycles. The van der Waals surface area contributed by atoms with Crippen molar-refractivity contribution in [3.63, 3.8) is 0 Å². The largest absolute Gasteiger partial charge is 0.489 e. The van der Waals surface area contributed by atoms with Crippen LogP contribution in [0.3, 0.4) is 0 Å². The summed E-state index contributed by atoms with van der Waals surface area (Å²) in [6.07, 6.45) is -0.483. The smallest absolute Gasteiger partial charge is 0.416 e. The van der Waals surface area contributed by atoms with Gasteiger partial charge in [-0.05, 0) is 67.0 Å². The van der Waals surface area contributed by atoms with Crippen LogP contribution in [0, 0.1) is 0 Å². The van der Waals surface area contributed by atoms with Crippen molar-refractivity contribution in [3.05, 3.63) is 75.2 Å². The van der Waals surface area contributed by atoms with E-state index in [1.165, 1.54) is 12.1 Å². The fourth-order valence-corrected chi connectivity index (χ4v) is 4.17. The number of halogens is 5. The number of hydrogen-bond donors (Lipinski definition) is 2. The molecule has 4 rings (SSSR count). The van der Waals surface area contributed by atoms with E-state index in [-0.39, 0.29) is 24.1 Å². The Morgan fingerprint density at radius 2 is 1.74 bits per heavy atom. The van der Waals surface area contributed by atoms with Crippen LogP contribution in [0.15, 0.2) is 53.5 Å². The standard InChI is InChI=1S/C22H20ClF3N2O2.ClH/c23-18-12-17-13(7-10-28-20(17)29)11-19(18)30-16-5-8-21(27,9-6-16)14-1-3-15(4-2-14)22(24,25)26;/h1-4,7,10-12,16H,5-6,8-9,27H2,(H,28,29);1H. The van der Waals surface area contributed by atoms with Crippen molar-refractivity contribution >= 4 is 34.8 Å². The van der Waals surface area contributed by atoms with Crippen molar-refractivity contribution in [3.8, 4) is 5.75 Å². The molecule has 4 nitrogen and oxygen atoms in total. The topological polar surface area (TPSA) is 68.1 Å². The molecule has 31 heavy (non-hydrogen) atoms. The fourth-order valence-electron chi connectivity index (χ4n) is 3.96. The lowest BCUT2D eigenvalue weighted by Crippen LogP contribution is -2.42. The number of alkyl halides is 3. The number of hydrogen-bond acceptors (Lipinski definition) is 3. The summed E-state index contributed by atoms with van der Waals surface area (Å²) in [4.78, 5) is 14.5. The summed E-state index contributed by atoms with van der Waals surface area (Å²) in [6.45, 7) is 0. The first-order valence-electron chi connectivity index (χ1n) is 9.60. The van der Waals surface area contributed by atoms with Gasteiger partial charge in [0.1, 0.15) is 5.75 Å². The monoisotopic (exact) mass is 472 g/mol. The van der Waals surface area contributed by atoms with Crippen LogP contribution in [0.1, 0.15) is 36.8 Å². The molecule has 1 saturated carbocycles. The normalized spacial score (nSPS) is 21.5. The zero-order valence-corrected chi connectivity index (χ0v) is 17.9. The van der Waals surface area contributed by atoms with Gasteiger partial charge in [-0.25, -0.2) is 0 Å². The fraction of sp³-hybridized carbons (Fsp3) is 0.318. The number of H-pyrrole nitrogens is 1. The summed E-state index contributed by atoms with van der Waals surface area (Å²) in [7, 11) is 0. The minimum Gasteiger partial charge on any atom is -0.489 e. The number of aromatic amines is 1. The predicted molar refractivity (Wildman–Crippen MR) is 117 cm³/mol. The average molecular weight is 473 g/mol. The molecule has 9 heteroatoms. The number of ether oxygens (including phenoxy) is 1. The highest BCUT2D eigenvalue weighted by molar-refractivity contribution is 6.32. The van der Waals surface area contributed by atoms with E-state index in [1.54, 1.807) is 24.4 Å². The molecular formula is C22H21Cl2F3N2O2. The molecule has 1 aliphatic carbocycles. The molecule has 0 spiro atoms. The highest BCUT2D eigenvalue weighted by Gasteiger charge is 2.36. The number of rotatable bonds is 3. The Balaban J connectivity index is 0.00000272. The van der Waals surface area contributed by atoms with Gasteiger partial charge in [-0.2, -0.15) is 13.2 Å². The lowest BCUT2D eigenvalue weighted by atomic mass is 9.76. The van der Waals surface area contributed by atoms with Gasteiger partial charge >= 0.3 is 6.18 Å². The molecule has 3 aromatic rings. The number of fused-ring (bicyclic) bond motifs is 1. The van der Waals surface area contributed by atoms with Crippen molar-refractivity contribution in [1.29, 1.82) is 0 Å². The Morgan fingerprint density at radius 1 is 1.10 bits per heavy atom. The molecule has 0 unspecified atom stereocenters. The van der Waals surface area contributed by atoms with Crippen LogP contribution in [0.4, 0.5) is 13.2 Å². The maximum absolute atomic E-state index is 12.8. The van der Waals surface area contributed by atoms with Gasteiger partial charge in [0.2, 0.25) is 0 Å². The Hall–Kier alpha value is -2.22. The zero-order valence-electron chi connectivity index (χ0n) is 16.3. The molecule has 1 aliphatic rings. The van der Waals surface area contributed by atoms with E-state index in [2.05, 4.69) is 4.98 Å². The van der Waals surface area contributed by atoms with Gasteiger partial charge in [0.05, 0.1) is 16.7 Å². The van der Waals surface area contributed by atoms with Gasteiger partial charge in [-0.1, -0.05) is 23.7 Å². The maximum Gasteiger partial charge on any atom is 0.416 e. The lowest BCUT2D eigenvalue weighted by molar-refractivity contribution is -0.137. The van der Waals surface area contributed by atoms with Gasteiger partial charge in [0.15, 0.2) is 0 Å². The molecule has 0 radical (unpaired) electrons. The molecule has 2 aromatic carbocycles. The molecule has 0 atom stereocenters. The number of pyridine rings is 1. The van der Waals surface area contributed by atoms with Crippen LogP contribution in [0.25, 0.3) is 10.8 Å². The lowest BCUT2D eigenvalue weighted by Gasteiger charge is -2.37. The summed E-state index contributed by atoms with van der Waals surface area (Å²) >= 11 is 6.30. The first kappa shape index (κ1) is 23.4. The second-order valence-corrected chi connectivity index (χ2v) is 8.13. The SMILES string of the molecule is Cl.NC1(c2ccc(C(F)(F)F)cc2)CCC(Oc2cc3cc[nH]c(=O)c3cc2Cl)CC1. The van der Waals surface area contributed by atoms with Gasteiger partial charge in [-0.3, -0.25) is 4.79 Å². The van der Waals surface area contributed by atoms with Gasteiger partial charge in [0, 0.05) is 17.1 Å². The molecule has 1 fully saturated rings. The molecule has 0 bridgehead atoms. The highest BCUT2D eigenvalue weighted by Crippen LogP contribution is 2.39. The third-order valence-corrected chi connectivity index (χ3v) is 6.03. The first-order valence-corrected chi connectivity index (χ1v) is 9.98. The minimum atomic E-state index is -4.37. The zero-order chi connectivity index (χ0) is 21.5. The summed E-state index contributed by atoms with van der Waals surface area (Å²) in [5, 5.41) is 1.57. The Morgan fingerprint density at radius 3 is 2.35 bits per heavy atom. The third kappa shape index (κ3) is 4.84. The second-order valence-electron chi connectivity index (χ2n) is 7.73. The number of benzene rings is 2. The van der Waals surface area contributed by atoms with E-state index < -0.39 is 17.3 Å². The van der Waals surface area contributed by atoms with E-state index in [0.29, 0.717) is 47.4 Å². The quantitative estimate of drug-likeness (QED) is 0.506. The minimum absolute atomic E-state index is 0. The van der Waals surface area contributed by atoms with Crippen molar-refractivity contribution in [1.82, 2.24) is 4.98 Å². The van der Waals surface area contributed by atoms with Crippen molar-refractivity contribution in [2.45, 2.75) is 43.5 Å². The number of nitrogens with one attached hydrogen (secondary N) is 1. The number of aromatic nitrogens is 1. The van der Waals surface area contributed by atoms with E-state index >= 15 is 0 Å². The Labute approximate surface area is 188 Å². The summed E-state index contributed by atoms with van der Waals surface area (Å²) in [6, 6.07) is 10.2. The molecule has 0 amide bonds. The highest BCUT2D eigenvalue weighted by atomic mass is 35.5. The van der Waals surface area contributed by atoms with Crippen LogP contribution in [0.5, 0.6) is 5.75 Å². The van der Waals surface area contributed by atoms with Gasteiger partial charge in [0.25, 0.3) is 5.56 Å². The van der Waals surface area contributed by atoms with Crippen molar-refractivity contribution < 1.29 is 17.9 Å². The van der Waals surface area contributed by atoms with Crippen LogP contribution in [0.2, 0.25) is 5.02 Å². The third-order valence-electron chi connectivity index (χ3n) is 5.73. The van der Waals surface area contributed by atoms with Crippen LogP contribution >= 0.6 is 24.0 Å². The summed E-state index contributed by atoms with van der Waals surface area (Å²) < 4.78 is 44.4. The molecular weight excluding hydrogens is 452 g/mol. The summed E-state index contributed by atoms with van der Waals surface area (Å²) in [5.41, 5.74) is 5.61. The Kier molecular flexibility index (Phi) is 6.60. The van der Waals surface area contributed by atoms with Crippen LogP contribution in [-0.2, 0) is 11.7 Å². The van der Waals surface area contributed by atoms with Crippen molar-refractivity contribution in [2.75, 3.05) is 0 Å². The van der Waals surface area contributed by atoms with Crippen LogP contribution < -0.4 is 16.0 Å². The Bertz CT molecular complexity index is 1120. The van der Waals surface area contributed by atoms with Crippen LogP contribution in [-0.4, -0.2) is 11.1 Å². The predicted octanol–water partition coefficient (Wildman–Crippen LogP) is 5.80. The molecule has 1 aromatic heterocycles. The molecule has 0 saturated heterocycles. The first-order chi connectivity index (χ1) is 14.2. The van der Waals surface area contributed by atoms with Gasteiger partial charge in [-0.15, -0.1) is 12.4 Å². The molecule has 3 N–H and O–H groups in total. The molecule has 1 heterocycles. The second kappa shape index (κ2) is 8.73. The maximum atomic E-state index is 12.8.